The molecule has 2 aromatic heterocycles. The van der Waals surface area contributed by atoms with Gasteiger partial charge in [-0.2, -0.15) is 0 Å². The zero-order valence-electron chi connectivity index (χ0n) is 21.0. The van der Waals surface area contributed by atoms with Gasteiger partial charge in [0.1, 0.15) is 30.2 Å². The molecule has 0 spiro atoms. The maximum Gasteiger partial charge on any atom is 0.478 e. The van der Waals surface area contributed by atoms with Gasteiger partial charge in [0.05, 0.1) is 29.5 Å². The molecule has 3 aromatic rings. The topological polar surface area (TPSA) is 317 Å². The van der Waals surface area contributed by atoms with Crippen molar-refractivity contribution >= 4 is 46.1 Å². The van der Waals surface area contributed by atoms with E-state index in [0.29, 0.717) is 0 Å². The minimum absolute atomic E-state index is 0.0122. The van der Waals surface area contributed by atoms with Crippen LogP contribution in [0, 0.1) is 10.1 Å². The van der Waals surface area contributed by atoms with Crippen molar-refractivity contribution in [3.8, 4) is 0 Å². The maximum atomic E-state index is 12.3. The fourth-order valence-electron chi connectivity index (χ4n) is 3.88. The third-order valence-electron chi connectivity index (χ3n) is 5.66. The van der Waals surface area contributed by atoms with Gasteiger partial charge in [-0.15, -0.1) is 0 Å². The number of hydrogen-bond acceptors (Lipinski definition) is 18. The lowest BCUT2D eigenvalue weighted by Crippen LogP contribution is -2.33. The van der Waals surface area contributed by atoms with Crippen LogP contribution in [0.15, 0.2) is 36.9 Å². The third kappa shape index (κ3) is 7.24. The van der Waals surface area contributed by atoms with E-state index in [2.05, 4.69) is 32.6 Å². The molecule has 24 heteroatoms. The molecule has 8 atom stereocenters. The lowest BCUT2D eigenvalue weighted by Gasteiger charge is -2.32. The molecule has 0 aliphatic carbocycles. The summed E-state index contributed by atoms with van der Waals surface area (Å²) in [6.07, 6.45) is -5.66. The summed E-state index contributed by atoms with van der Waals surface area (Å²) in [5, 5.41) is 31.9. The standard InChI is InChI=1S/C18H23N6O15P3/c1-9(10-4-2-3-5-11(10)24(27)28)37-41(31,32)39-42(33,34)38-40(29,30)35-6-12-14(25)15(26)18(36-12)23-8-22-13-16(19)20-7-21-17(13)23/h2-5,7-9,12,14-15,18,25-26H,6H2,1H3,(H,29,30)(H,31,32)(H,33,34)(H2,19,20,21)/p-2. The number of nitrogens with two attached hydrogens (primary N) is 1. The summed E-state index contributed by atoms with van der Waals surface area (Å²) in [6, 6.07) is 4.81. The van der Waals surface area contributed by atoms with E-state index in [-0.39, 0.29) is 22.5 Å². The highest BCUT2D eigenvalue weighted by molar-refractivity contribution is 7.65. The number of anilines is 1. The quantitative estimate of drug-likeness (QED) is 0.112. The summed E-state index contributed by atoms with van der Waals surface area (Å²) in [5.74, 6) is 0.0122. The first-order chi connectivity index (χ1) is 19.5. The van der Waals surface area contributed by atoms with E-state index in [1.807, 2.05) is 0 Å². The van der Waals surface area contributed by atoms with Gasteiger partial charge in [0.2, 0.25) is 0 Å². The van der Waals surface area contributed by atoms with E-state index in [1.54, 1.807) is 0 Å². The zero-order valence-corrected chi connectivity index (χ0v) is 23.6. The van der Waals surface area contributed by atoms with Gasteiger partial charge in [-0.3, -0.25) is 28.3 Å². The number of aliphatic hydroxyl groups excluding tert-OH is 2. The first kappa shape index (κ1) is 32.2. The Morgan fingerprint density at radius 2 is 1.81 bits per heavy atom. The fourth-order valence-corrected chi connectivity index (χ4v) is 7.43. The zero-order chi connectivity index (χ0) is 31.0. The molecular formula is C18H21N6O15P3-2. The van der Waals surface area contributed by atoms with Crippen LogP contribution in [0.1, 0.15) is 24.8 Å². The number of aromatic nitrogens is 4. The molecule has 8 unspecified atom stereocenters. The lowest BCUT2D eigenvalue weighted by molar-refractivity contribution is -0.386. The Kier molecular flexibility index (Phi) is 9.27. The minimum atomic E-state index is -6.20. The van der Waals surface area contributed by atoms with Crippen LogP contribution < -0.4 is 15.5 Å². The molecule has 1 aliphatic rings. The molecule has 3 heterocycles. The van der Waals surface area contributed by atoms with Crippen LogP contribution in [0.4, 0.5) is 11.5 Å². The van der Waals surface area contributed by atoms with Gasteiger partial charge in [0.15, 0.2) is 17.7 Å². The molecule has 1 saturated heterocycles. The van der Waals surface area contributed by atoms with Gasteiger partial charge in [0.25, 0.3) is 21.3 Å². The molecule has 4 rings (SSSR count). The van der Waals surface area contributed by atoms with Crippen molar-refractivity contribution < 1.29 is 65.9 Å². The van der Waals surface area contributed by atoms with E-state index >= 15 is 0 Å². The number of nitro benzene ring substituents is 1. The molecule has 230 valence electrons. The molecule has 0 bridgehead atoms. The largest absolute Gasteiger partial charge is 0.756 e. The Hall–Kier alpha value is -2.74. The van der Waals surface area contributed by atoms with Gasteiger partial charge < -0.3 is 39.9 Å². The first-order valence-corrected chi connectivity index (χ1v) is 15.8. The average Bonchev–Trinajstić information content (AvgIpc) is 3.42. The Morgan fingerprint density at radius 1 is 1.12 bits per heavy atom. The van der Waals surface area contributed by atoms with E-state index < -0.39 is 71.3 Å². The predicted octanol–water partition coefficient (Wildman–Crippen LogP) is -0.199. The van der Waals surface area contributed by atoms with Gasteiger partial charge in [-0.05, 0) is 13.0 Å². The summed E-state index contributed by atoms with van der Waals surface area (Å²) in [4.78, 5) is 56.1. The number of phosphoric acid groups is 3. The number of nitrogen functional groups attached to an aromatic ring is 1. The van der Waals surface area contributed by atoms with Crippen molar-refractivity contribution in [2.75, 3.05) is 12.3 Å². The number of ether oxygens (including phenoxy) is 1. The predicted molar refractivity (Wildman–Crippen MR) is 131 cm³/mol. The SMILES string of the molecule is CC(OP(=O)([O-])OP(=O)([O-])OP(=O)(O)OCC1OC(n2cnc3c(N)ncnc32)C(O)C1O)c1ccccc1[N+](=O)[O-]. The molecule has 42 heavy (non-hydrogen) atoms. The highest BCUT2D eigenvalue weighted by atomic mass is 31.3. The van der Waals surface area contributed by atoms with Crippen molar-refractivity contribution in [1.29, 1.82) is 0 Å². The van der Waals surface area contributed by atoms with E-state index in [9.17, 15) is 48.7 Å². The molecule has 0 radical (unpaired) electrons. The van der Waals surface area contributed by atoms with Crippen LogP contribution >= 0.6 is 23.5 Å². The fraction of sp³-hybridized carbons (Fsp3) is 0.389. The summed E-state index contributed by atoms with van der Waals surface area (Å²) < 4.78 is 59.8. The summed E-state index contributed by atoms with van der Waals surface area (Å²) in [7, 11) is -17.7. The van der Waals surface area contributed by atoms with Gasteiger partial charge in [0, 0.05) is 6.07 Å². The second kappa shape index (κ2) is 12.1. The minimum Gasteiger partial charge on any atom is -0.756 e. The molecule has 0 saturated carbocycles. The van der Waals surface area contributed by atoms with E-state index in [4.69, 9.17) is 10.5 Å². The number of imidazole rings is 1. The summed E-state index contributed by atoms with van der Waals surface area (Å²) in [6.45, 7) is -0.0114. The van der Waals surface area contributed by atoms with Gasteiger partial charge >= 0.3 is 7.82 Å². The van der Waals surface area contributed by atoms with E-state index in [0.717, 1.165) is 25.4 Å². The Balaban J connectivity index is 1.37. The van der Waals surface area contributed by atoms with Crippen LogP contribution in [0.2, 0.25) is 0 Å². The summed E-state index contributed by atoms with van der Waals surface area (Å²) >= 11 is 0. The number of benzene rings is 1. The van der Waals surface area contributed by atoms with Crippen molar-refractivity contribution in [3.63, 3.8) is 0 Å². The average molecular weight is 654 g/mol. The normalized spacial score (nSPS) is 25.9. The number of hydrogen-bond donors (Lipinski definition) is 4. The first-order valence-electron chi connectivity index (χ1n) is 11.4. The number of aliphatic hydroxyl groups is 2. The van der Waals surface area contributed by atoms with Crippen LogP contribution in [-0.4, -0.2) is 64.5 Å². The number of rotatable bonds is 12. The van der Waals surface area contributed by atoms with Crippen molar-refractivity contribution in [2.24, 2.45) is 0 Å². The monoisotopic (exact) mass is 654 g/mol. The Morgan fingerprint density at radius 3 is 2.50 bits per heavy atom. The number of phosphoric ester groups is 2. The Labute approximate surface area is 234 Å². The second-order valence-electron chi connectivity index (χ2n) is 8.51. The van der Waals surface area contributed by atoms with Crippen LogP contribution in [0.25, 0.3) is 11.2 Å². The van der Waals surface area contributed by atoms with Crippen molar-refractivity contribution in [2.45, 2.75) is 37.6 Å². The number of nitrogens with zero attached hydrogens (tertiary/aromatic N) is 5. The number of nitro groups is 1. The highest BCUT2D eigenvalue weighted by Crippen LogP contribution is 2.65. The van der Waals surface area contributed by atoms with Gasteiger partial charge in [-0.1, -0.05) is 12.1 Å². The number of fused-ring (bicyclic) bond motifs is 1. The molecule has 5 N–H and O–H groups in total. The molecule has 1 aliphatic heterocycles. The Bertz CT molecular complexity index is 1620. The van der Waals surface area contributed by atoms with Crippen LogP contribution in [-0.2, 0) is 36.1 Å². The molecule has 0 amide bonds. The highest BCUT2D eigenvalue weighted by Gasteiger charge is 2.46. The van der Waals surface area contributed by atoms with Crippen LogP contribution in [0.3, 0.4) is 0 Å². The number of para-hydroxylation sites is 1. The van der Waals surface area contributed by atoms with Crippen molar-refractivity contribution in [1.82, 2.24) is 19.5 Å². The molecule has 1 aromatic carbocycles. The maximum absolute atomic E-state index is 12.3. The van der Waals surface area contributed by atoms with Crippen LogP contribution in [0.5, 0.6) is 0 Å². The summed E-state index contributed by atoms with van der Waals surface area (Å²) in [5.41, 5.74) is 5.18. The van der Waals surface area contributed by atoms with Crippen molar-refractivity contribution in [3.05, 3.63) is 52.6 Å². The lowest BCUT2D eigenvalue weighted by atomic mass is 10.1. The molecule has 1 fully saturated rings. The molecular weight excluding hydrogens is 633 g/mol. The van der Waals surface area contributed by atoms with E-state index in [1.165, 1.54) is 23.0 Å². The third-order valence-corrected chi connectivity index (χ3v) is 9.94. The van der Waals surface area contributed by atoms with Gasteiger partial charge in [-0.25, -0.2) is 28.1 Å². The molecule has 21 nitrogen and oxygen atoms in total. The smallest absolute Gasteiger partial charge is 0.478 e. The second-order valence-corrected chi connectivity index (χ2v) is 13.0.